The zero-order valence-electron chi connectivity index (χ0n) is 8.56. The van der Waals surface area contributed by atoms with E-state index in [-0.39, 0.29) is 0 Å². The molecule has 0 radical (unpaired) electrons. The van der Waals surface area contributed by atoms with Crippen LogP contribution in [0.25, 0.3) is 0 Å². The number of hydrogen-bond donors (Lipinski definition) is 1. The highest BCUT2D eigenvalue weighted by molar-refractivity contribution is 5.81. The lowest BCUT2D eigenvalue weighted by molar-refractivity contribution is -0.157. The van der Waals surface area contributed by atoms with Crippen LogP contribution in [0.15, 0.2) is 0 Å². The van der Waals surface area contributed by atoms with E-state index in [2.05, 4.69) is 4.90 Å². The monoisotopic (exact) mass is 200 g/mol. The van der Waals surface area contributed by atoms with Gasteiger partial charge in [-0.05, 0) is 19.9 Å². The minimum Gasteiger partial charge on any atom is -0.479 e. The predicted octanol–water partition coefficient (Wildman–Crippen LogP) is -0.376. The Labute approximate surface area is 83.3 Å². The third-order valence-corrected chi connectivity index (χ3v) is 3.05. The molecular formula is C9H16N2O3. The van der Waals surface area contributed by atoms with E-state index in [9.17, 15) is 9.59 Å². The molecule has 0 atom stereocenters. The molecule has 0 bridgehead atoms. The first-order chi connectivity index (χ1) is 6.53. The number of aliphatic carboxylic acids is 1. The van der Waals surface area contributed by atoms with Gasteiger partial charge in [0.1, 0.15) is 5.54 Å². The van der Waals surface area contributed by atoms with E-state index in [4.69, 9.17) is 5.11 Å². The van der Waals surface area contributed by atoms with Gasteiger partial charge in [-0.3, -0.25) is 4.79 Å². The van der Waals surface area contributed by atoms with Gasteiger partial charge >= 0.3 is 5.97 Å². The molecule has 0 spiro atoms. The second-order valence-corrected chi connectivity index (χ2v) is 3.86. The maximum Gasteiger partial charge on any atom is 0.329 e. The Balaban J connectivity index is 2.83. The second-order valence-electron chi connectivity index (χ2n) is 3.86. The number of piperidine rings is 1. The summed E-state index contributed by atoms with van der Waals surface area (Å²) in [7, 11) is 3.49. The lowest BCUT2D eigenvalue weighted by Gasteiger charge is -2.41. The fourth-order valence-corrected chi connectivity index (χ4v) is 1.81. The Morgan fingerprint density at radius 1 is 1.50 bits per heavy atom. The summed E-state index contributed by atoms with van der Waals surface area (Å²) >= 11 is 0. The number of rotatable bonds is 3. The second kappa shape index (κ2) is 3.96. The minimum absolute atomic E-state index is 0.494. The highest BCUT2D eigenvalue weighted by Crippen LogP contribution is 2.26. The molecule has 0 saturated carbocycles. The first kappa shape index (κ1) is 11.0. The van der Waals surface area contributed by atoms with E-state index in [1.165, 1.54) is 11.9 Å². The summed E-state index contributed by atoms with van der Waals surface area (Å²) in [6.45, 7) is 1.43. The molecule has 0 aromatic carbocycles. The number of nitrogens with zero attached hydrogens (tertiary/aromatic N) is 2. The van der Waals surface area contributed by atoms with Gasteiger partial charge in [-0.2, -0.15) is 0 Å². The molecule has 1 aliphatic heterocycles. The quantitative estimate of drug-likeness (QED) is 0.631. The van der Waals surface area contributed by atoms with Crippen molar-refractivity contribution in [2.75, 3.05) is 27.2 Å². The van der Waals surface area contributed by atoms with Crippen LogP contribution in [0.5, 0.6) is 0 Å². The molecule has 1 heterocycles. The normalized spacial score (nSPS) is 21.6. The number of likely N-dealkylation sites (N-methyl/N-ethyl adjacent to an activating group) is 1. The van der Waals surface area contributed by atoms with Crippen LogP contribution in [0.3, 0.4) is 0 Å². The van der Waals surface area contributed by atoms with E-state index >= 15 is 0 Å². The molecule has 80 valence electrons. The maximum atomic E-state index is 11.2. The van der Waals surface area contributed by atoms with Crippen LogP contribution < -0.4 is 0 Å². The summed E-state index contributed by atoms with van der Waals surface area (Å²) in [6.07, 6.45) is 1.58. The Bertz CT molecular complexity index is 234. The van der Waals surface area contributed by atoms with Crippen LogP contribution in [0.4, 0.5) is 0 Å². The van der Waals surface area contributed by atoms with Crippen LogP contribution in [0.2, 0.25) is 0 Å². The van der Waals surface area contributed by atoms with Gasteiger partial charge in [-0.15, -0.1) is 0 Å². The Kier molecular flexibility index (Phi) is 3.10. The van der Waals surface area contributed by atoms with Crippen LogP contribution in [0, 0.1) is 0 Å². The van der Waals surface area contributed by atoms with Crippen LogP contribution in [0.1, 0.15) is 12.8 Å². The highest BCUT2D eigenvalue weighted by Gasteiger charge is 2.44. The molecule has 5 nitrogen and oxygen atoms in total. The van der Waals surface area contributed by atoms with Gasteiger partial charge in [0.05, 0.1) is 0 Å². The van der Waals surface area contributed by atoms with Gasteiger partial charge in [0, 0.05) is 20.1 Å². The molecule has 1 saturated heterocycles. The Morgan fingerprint density at radius 2 is 2.00 bits per heavy atom. The van der Waals surface area contributed by atoms with Gasteiger partial charge < -0.3 is 14.9 Å². The molecule has 0 aliphatic carbocycles. The smallest absolute Gasteiger partial charge is 0.329 e. The molecule has 1 amide bonds. The number of carbonyl (C=O) groups excluding carboxylic acids is 1. The topological polar surface area (TPSA) is 60.9 Å². The van der Waals surface area contributed by atoms with Crippen molar-refractivity contribution in [1.29, 1.82) is 0 Å². The fourth-order valence-electron chi connectivity index (χ4n) is 1.81. The van der Waals surface area contributed by atoms with E-state index < -0.39 is 11.5 Å². The maximum absolute atomic E-state index is 11.2. The molecule has 0 aromatic heterocycles. The van der Waals surface area contributed by atoms with Gasteiger partial charge in [0.25, 0.3) is 0 Å². The summed E-state index contributed by atoms with van der Waals surface area (Å²) < 4.78 is 0. The molecule has 0 aromatic rings. The largest absolute Gasteiger partial charge is 0.479 e. The molecule has 1 aliphatic rings. The fraction of sp³-hybridized carbons (Fsp3) is 0.778. The van der Waals surface area contributed by atoms with Gasteiger partial charge in [0.15, 0.2) is 0 Å². The zero-order valence-corrected chi connectivity index (χ0v) is 8.56. The summed E-state index contributed by atoms with van der Waals surface area (Å²) in [4.78, 5) is 25.2. The van der Waals surface area contributed by atoms with Crippen molar-refractivity contribution < 1.29 is 14.7 Å². The lowest BCUT2D eigenvalue weighted by atomic mass is 9.86. The Hall–Kier alpha value is -1.10. The van der Waals surface area contributed by atoms with E-state index in [0.717, 1.165) is 0 Å². The van der Waals surface area contributed by atoms with Crippen molar-refractivity contribution in [3.63, 3.8) is 0 Å². The van der Waals surface area contributed by atoms with Crippen molar-refractivity contribution in [3.8, 4) is 0 Å². The molecule has 5 heteroatoms. The van der Waals surface area contributed by atoms with E-state index in [0.29, 0.717) is 32.3 Å². The van der Waals surface area contributed by atoms with Crippen molar-refractivity contribution in [2.24, 2.45) is 0 Å². The average Bonchev–Trinajstić information content (AvgIpc) is 2.18. The molecule has 1 rings (SSSR count). The van der Waals surface area contributed by atoms with Gasteiger partial charge in [-0.1, -0.05) is 0 Å². The molecule has 0 unspecified atom stereocenters. The van der Waals surface area contributed by atoms with Crippen molar-refractivity contribution in [3.05, 3.63) is 0 Å². The van der Waals surface area contributed by atoms with Crippen molar-refractivity contribution in [1.82, 2.24) is 9.80 Å². The van der Waals surface area contributed by atoms with Gasteiger partial charge in [0.2, 0.25) is 6.41 Å². The highest BCUT2D eigenvalue weighted by atomic mass is 16.4. The van der Waals surface area contributed by atoms with E-state index in [1.54, 1.807) is 0 Å². The number of hydrogen-bond acceptors (Lipinski definition) is 3. The van der Waals surface area contributed by atoms with Crippen LogP contribution in [-0.4, -0.2) is 60.0 Å². The summed E-state index contributed by atoms with van der Waals surface area (Å²) in [6, 6.07) is 0. The third kappa shape index (κ3) is 1.72. The SMILES string of the molecule is CN1CCC(C(=O)O)(N(C)C=O)CC1. The van der Waals surface area contributed by atoms with Crippen LogP contribution >= 0.6 is 0 Å². The third-order valence-electron chi connectivity index (χ3n) is 3.05. The summed E-state index contributed by atoms with van der Waals surface area (Å²) in [5, 5.41) is 9.16. The number of likely N-dealkylation sites (tertiary alicyclic amines) is 1. The number of amides is 1. The minimum atomic E-state index is -0.992. The molecule has 14 heavy (non-hydrogen) atoms. The first-order valence-electron chi connectivity index (χ1n) is 4.63. The standard InChI is InChI=1S/C9H16N2O3/c1-10-5-3-9(4-6-10,8(13)14)11(2)7-12/h7H,3-6H2,1-2H3,(H,13,14). The van der Waals surface area contributed by atoms with Crippen molar-refractivity contribution >= 4 is 12.4 Å². The molecule has 1 N–H and O–H groups in total. The summed E-state index contributed by atoms with van der Waals surface area (Å²) in [5.41, 5.74) is -0.992. The first-order valence-corrected chi connectivity index (χ1v) is 4.63. The van der Waals surface area contributed by atoms with E-state index in [1.807, 2.05) is 7.05 Å². The zero-order chi connectivity index (χ0) is 10.8. The Morgan fingerprint density at radius 3 is 2.36 bits per heavy atom. The molecule has 1 fully saturated rings. The number of carbonyl (C=O) groups is 2. The predicted molar refractivity (Wildman–Crippen MR) is 50.9 cm³/mol. The molecular weight excluding hydrogens is 184 g/mol. The number of carboxylic acids is 1. The van der Waals surface area contributed by atoms with Gasteiger partial charge in [-0.25, -0.2) is 4.79 Å². The lowest BCUT2D eigenvalue weighted by Crippen LogP contribution is -2.57. The van der Waals surface area contributed by atoms with Crippen molar-refractivity contribution in [2.45, 2.75) is 18.4 Å². The van der Waals surface area contributed by atoms with Crippen LogP contribution in [-0.2, 0) is 9.59 Å². The summed E-state index contributed by atoms with van der Waals surface area (Å²) in [5.74, 6) is -0.903. The number of carboxylic acid groups (broad SMARTS) is 1. The average molecular weight is 200 g/mol.